The predicted octanol–water partition coefficient (Wildman–Crippen LogP) is 8.07. The van der Waals surface area contributed by atoms with Gasteiger partial charge >= 0.3 is 12.1 Å². The highest BCUT2D eigenvalue weighted by molar-refractivity contribution is 6.30. The van der Waals surface area contributed by atoms with E-state index in [0.717, 1.165) is 48.2 Å². The standard InChI is InChI=1S/C44H61ClN4O8/c1-11-30(13-12-21-48(28-41(51)55-10)22-20-46-43(52)57-44(4,5)6)27-47(7)34-18-19-36(37(25-34)53-8)49-40(50)24-32-23-38(54-9)39(56-29(2)3)26-35(32)42(49)31-14-16-33(45)17-15-31/h14-19,23,25-26,29-30,42H,11-13,20-22,24,27-28H2,1-10H3,(H,46,52). The first kappa shape index (κ1) is 45.0. The molecule has 1 N–H and O–H groups in total. The monoisotopic (exact) mass is 808 g/mol. The molecule has 57 heavy (non-hydrogen) atoms. The molecule has 3 aromatic rings. The lowest BCUT2D eigenvalue weighted by Gasteiger charge is -2.39. The van der Waals surface area contributed by atoms with Gasteiger partial charge in [0, 0.05) is 43.5 Å². The van der Waals surface area contributed by atoms with Crippen LogP contribution in [0.25, 0.3) is 0 Å². The highest BCUT2D eigenvalue weighted by Crippen LogP contribution is 2.46. The summed E-state index contributed by atoms with van der Waals surface area (Å²) in [5.41, 5.74) is 3.73. The minimum Gasteiger partial charge on any atom is -0.494 e. The highest BCUT2D eigenvalue weighted by atomic mass is 35.5. The van der Waals surface area contributed by atoms with Crippen LogP contribution in [0.15, 0.2) is 54.6 Å². The van der Waals surface area contributed by atoms with Crippen molar-refractivity contribution in [3.8, 4) is 17.2 Å². The summed E-state index contributed by atoms with van der Waals surface area (Å²) in [5.74, 6) is 1.74. The summed E-state index contributed by atoms with van der Waals surface area (Å²) in [6.07, 6.45) is 2.38. The quantitative estimate of drug-likeness (QED) is 0.119. The number of ether oxygens (including phenoxy) is 5. The van der Waals surface area contributed by atoms with Gasteiger partial charge < -0.3 is 33.9 Å². The molecule has 1 aliphatic heterocycles. The average Bonchev–Trinajstić information content (AvgIpc) is 3.15. The van der Waals surface area contributed by atoms with Gasteiger partial charge in [-0.25, -0.2) is 4.79 Å². The van der Waals surface area contributed by atoms with Crippen LogP contribution in [0.3, 0.4) is 0 Å². The molecule has 0 fully saturated rings. The van der Waals surface area contributed by atoms with Crippen LogP contribution in [0, 0.1) is 5.92 Å². The number of nitrogens with zero attached hydrogens (tertiary/aromatic N) is 3. The molecule has 0 saturated carbocycles. The second kappa shape index (κ2) is 20.7. The molecule has 2 amide bonds. The molecule has 1 heterocycles. The Morgan fingerprint density at radius 1 is 0.965 bits per heavy atom. The van der Waals surface area contributed by atoms with E-state index in [1.807, 2.05) is 99.0 Å². The number of anilines is 2. The van der Waals surface area contributed by atoms with E-state index in [4.69, 9.17) is 35.3 Å². The molecular weight excluding hydrogens is 748 g/mol. The van der Waals surface area contributed by atoms with Gasteiger partial charge in [0.15, 0.2) is 11.5 Å². The zero-order valence-corrected chi connectivity index (χ0v) is 36.0. The number of hydrogen-bond donors (Lipinski definition) is 1. The van der Waals surface area contributed by atoms with Crippen molar-refractivity contribution in [1.29, 1.82) is 0 Å². The van der Waals surface area contributed by atoms with E-state index in [1.165, 1.54) is 7.11 Å². The third-order valence-electron chi connectivity index (χ3n) is 9.87. The summed E-state index contributed by atoms with van der Waals surface area (Å²) in [4.78, 5) is 44.5. The minimum absolute atomic E-state index is 0.0747. The second-order valence-corrected chi connectivity index (χ2v) is 16.1. The van der Waals surface area contributed by atoms with E-state index in [9.17, 15) is 14.4 Å². The number of halogens is 1. The van der Waals surface area contributed by atoms with Crippen LogP contribution in [0.1, 0.15) is 83.5 Å². The van der Waals surface area contributed by atoms with Gasteiger partial charge in [-0.2, -0.15) is 0 Å². The number of carbonyl (C=O) groups excluding carboxylic acids is 3. The summed E-state index contributed by atoms with van der Waals surface area (Å²) in [6.45, 7) is 14.0. The van der Waals surface area contributed by atoms with Crippen LogP contribution < -0.4 is 29.3 Å². The second-order valence-electron chi connectivity index (χ2n) is 15.7. The zero-order valence-electron chi connectivity index (χ0n) is 35.3. The first-order valence-corrected chi connectivity index (χ1v) is 20.0. The third kappa shape index (κ3) is 12.7. The van der Waals surface area contributed by atoms with E-state index in [-0.39, 0.29) is 30.9 Å². The molecule has 0 bridgehead atoms. The number of amides is 2. The molecule has 0 saturated heterocycles. The first-order chi connectivity index (χ1) is 27.1. The molecule has 0 aromatic heterocycles. The lowest BCUT2D eigenvalue weighted by atomic mass is 9.86. The van der Waals surface area contributed by atoms with Crippen LogP contribution in [-0.4, -0.2) is 95.7 Å². The Morgan fingerprint density at radius 3 is 2.28 bits per heavy atom. The fraction of sp³-hybridized carbons (Fsp3) is 0.523. The Kier molecular flexibility index (Phi) is 16.3. The number of methoxy groups -OCH3 is 3. The number of carbonyl (C=O) groups is 3. The SMILES string of the molecule is CCC(CCCN(CCNC(=O)OC(C)(C)C)CC(=O)OC)CN(C)c1ccc(N2C(=O)Cc3cc(OC)c(OC(C)C)cc3C2c2ccc(Cl)cc2)c(OC)c1. The molecule has 4 rings (SSSR count). The minimum atomic E-state index is -0.588. The topological polar surface area (TPSA) is 119 Å². The molecule has 12 nitrogen and oxygen atoms in total. The number of alkyl carbamates (subject to hydrolysis) is 1. The Hall–Kier alpha value is -4.68. The van der Waals surface area contributed by atoms with Gasteiger partial charge in [0.05, 0.1) is 52.1 Å². The molecule has 0 radical (unpaired) electrons. The Labute approximate surface area is 343 Å². The van der Waals surface area contributed by atoms with Crippen LogP contribution in [0.4, 0.5) is 16.2 Å². The molecule has 1 aliphatic rings. The average molecular weight is 809 g/mol. The van der Waals surface area contributed by atoms with Crippen molar-refractivity contribution >= 4 is 40.9 Å². The fourth-order valence-corrected chi connectivity index (χ4v) is 7.21. The summed E-state index contributed by atoms with van der Waals surface area (Å²) in [5, 5.41) is 3.38. The number of hydrogen-bond acceptors (Lipinski definition) is 10. The van der Waals surface area contributed by atoms with E-state index in [2.05, 4.69) is 24.2 Å². The van der Waals surface area contributed by atoms with Crippen molar-refractivity contribution in [1.82, 2.24) is 10.2 Å². The van der Waals surface area contributed by atoms with E-state index in [0.29, 0.717) is 53.5 Å². The molecule has 312 valence electrons. The van der Waals surface area contributed by atoms with Gasteiger partial charge in [0.25, 0.3) is 0 Å². The molecular formula is C44H61ClN4O8. The molecule has 3 aromatic carbocycles. The number of benzene rings is 3. The maximum Gasteiger partial charge on any atom is 0.407 e. The van der Waals surface area contributed by atoms with Crippen molar-refractivity contribution < 1.29 is 38.1 Å². The molecule has 13 heteroatoms. The Balaban J connectivity index is 1.52. The van der Waals surface area contributed by atoms with Gasteiger partial charge in [-0.15, -0.1) is 0 Å². The highest BCUT2D eigenvalue weighted by Gasteiger charge is 2.37. The Bertz CT molecular complexity index is 1810. The summed E-state index contributed by atoms with van der Waals surface area (Å²) in [6, 6.07) is 17.0. The number of esters is 1. The zero-order chi connectivity index (χ0) is 41.9. The van der Waals surface area contributed by atoms with Gasteiger partial charge in [0.2, 0.25) is 5.91 Å². The summed E-state index contributed by atoms with van der Waals surface area (Å²) >= 11 is 6.33. The maximum absolute atomic E-state index is 14.2. The first-order valence-electron chi connectivity index (χ1n) is 19.7. The van der Waals surface area contributed by atoms with Gasteiger partial charge in [0.1, 0.15) is 11.4 Å². The summed E-state index contributed by atoms with van der Waals surface area (Å²) < 4.78 is 28.1. The smallest absolute Gasteiger partial charge is 0.407 e. The maximum atomic E-state index is 14.2. The Morgan fingerprint density at radius 2 is 1.67 bits per heavy atom. The normalized spacial score (nSPS) is 14.6. The largest absolute Gasteiger partial charge is 0.494 e. The lowest BCUT2D eigenvalue weighted by Crippen LogP contribution is -2.41. The van der Waals surface area contributed by atoms with Crippen molar-refractivity contribution in [3.63, 3.8) is 0 Å². The molecule has 0 aliphatic carbocycles. The fourth-order valence-electron chi connectivity index (χ4n) is 7.08. The van der Waals surface area contributed by atoms with E-state index < -0.39 is 17.7 Å². The number of nitrogens with one attached hydrogen (secondary N) is 1. The van der Waals surface area contributed by atoms with Crippen LogP contribution in [0.5, 0.6) is 17.2 Å². The molecule has 2 atom stereocenters. The molecule has 0 spiro atoms. The van der Waals surface area contributed by atoms with Crippen LogP contribution in [0.2, 0.25) is 5.02 Å². The van der Waals surface area contributed by atoms with Crippen LogP contribution >= 0.6 is 11.6 Å². The third-order valence-corrected chi connectivity index (χ3v) is 10.1. The van der Waals surface area contributed by atoms with Crippen molar-refractivity contribution in [2.24, 2.45) is 5.92 Å². The number of fused-ring (bicyclic) bond motifs is 1. The summed E-state index contributed by atoms with van der Waals surface area (Å²) in [7, 11) is 6.67. The number of rotatable bonds is 19. The van der Waals surface area contributed by atoms with E-state index >= 15 is 0 Å². The van der Waals surface area contributed by atoms with Crippen LogP contribution in [-0.2, 0) is 25.5 Å². The predicted molar refractivity (Wildman–Crippen MR) is 225 cm³/mol. The van der Waals surface area contributed by atoms with Crippen molar-refractivity contribution in [2.75, 3.05) is 70.9 Å². The van der Waals surface area contributed by atoms with Crippen molar-refractivity contribution in [2.45, 2.75) is 85.0 Å². The lowest BCUT2D eigenvalue weighted by molar-refractivity contribution is -0.141. The van der Waals surface area contributed by atoms with Crippen molar-refractivity contribution in [3.05, 3.63) is 76.3 Å². The molecule has 2 unspecified atom stereocenters. The van der Waals surface area contributed by atoms with Gasteiger partial charge in [-0.3, -0.25) is 19.4 Å². The van der Waals surface area contributed by atoms with E-state index in [1.54, 1.807) is 14.2 Å². The van der Waals surface area contributed by atoms with Gasteiger partial charge in [-0.05, 0) is 113 Å². The van der Waals surface area contributed by atoms with Gasteiger partial charge in [-0.1, -0.05) is 37.1 Å².